The van der Waals surface area contributed by atoms with E-state index in [0.717, 1.165) is 11.4 Å². The summed E-state index contributed by atoms with van der Waals surface area (Å²) in [5, 5.41) is 9.57. The Balaban J connectivity index is 2.22. The third-order valence-corrected chi connectivity index (χ3v) is 3.23. The molecule has 0 spiro atoms. The van der Waals surface area contributed by atoms with E-state index in [4.69, 9.17) is 10.5 Å². The highest BCUT2D eigenvalue weighted by molar-refractivity contribution is 5.97. The van der Waals surface area contributed by atoms with E-state index < -0.39 is 6.10 Å². The van der Waals surface area contributed by atoms with Crippen molar-refractivity contribution in [1.82, 2.24) is 0 Å². The predicted molar refractivity (Wildman–Crippen MR) is 73.7 cm³/mol. The van der Waals surface area contributed by atoms with Crippen molar-refractivity contribution in [3.8, 4) is 5.75 Å². The second kappa shape index (κ2) is 5.46. The van der Waals surface area contributed by atoms with Crippen LogP contribution in [0.5, 0.6) is 5.75 Å². The average Bonchev–Trinajstić information content (AvgIpc) is 2.42. The third-order valence-electron chi connectivity index (χ3n) is 3.23. The lowest BCUT2D eigenvalue weighted by molar-refractivity contribution is -0.120. The van der Waals surface area contributed by atoms with Crippen molar-refractivity contribution in [2.24, 2.45) is 5.73 Å². The van der Waals surface area contributed by atoms with E-state index >= 15 is 0 Å². The maximum Gasteiger partial charge on any atom is 0.264 e. The summed E-state index contributed by atoms with van der Waals surface area (Å²) < 4.78 is 5.36. The van der Waals surface area contributed by atoms with Gasteiger partial charge in [0.2, 0.25) is 0 Å². The van der Waals surface area contributed by atoms with Gasteiger partial charge in [0.25, 0.3) is 5.91 Å². The highest BCUT2D eigenvalue weighted by Gasteiger charge is 2.23. The highest BCUT2D eigenvalue weighted by atomic mass is 16.5. The Bertz CT molecular complexity index is 478. The number of carbonyl (C=O) groups is 1. The Kier molecular flexibility index (Phi) is 3.92. The molecule has 104 valence electrons. The molecule has 19 heavy (non-hydrogen) atoms. The van der Waals surface area contributed by atoms with Crippen LogP contribution in [0.4, 0.5) is 11.4 Å². The van der Waals surface area contributed by atoms with Crippen LogP contribution in [0.3, 0.4) is 0 Å². The fourth-order valence-electron chi connectivity index (χ4n) is 1.99. The summed E-state index contributed by atoms with van der Waals surface area (Å²) >= 11 is 0. The molecule has 1 aliphatic rings. The number of aliphatic hydroxyl groups is 1. The quantitative estimate of drug-likeness (QED) is 0.788. The molecule has 6 heteroatoms. The van der Waals surface area contributed by atoms with Crippen molar-refractivity contribution in [3.63, 3.8) is 0 Å². The maximum absolute atomic E-state index is 11.6. The van der Waals surface area contributed by atoms with Crippen LogP contribution in [0.1, 0.15) is 0 Å². The van der Waals surface area contributed by atoms with Crippen molar-refractivity contribution < 1.29 is 14.6 Å². The van der Waals surface area contributed by atoms with Crippen LogP contribution in [0.2, 0.25) is 0 Å². The second-order valence-corrected chi connectivity index (χ2v) is 4.66. The van der Waals surface area contributed by atoms with E-state index in [0.29, 0.717) is 12.3 Å². The smallest absolute Gasteiger partial charge is 0.264 e. The van der Waals surface area contributed by atoms with Crippen LogP contribution in [-0.2, 0) is 4.79 Å². The number of anilines is 2. The number of fused-ring (bicyclic) bond motifs is 1. The van der Waals surface area contributed by atoms with E-state index in [-0.39, 0.29) is 19.1 Å². The molecule has 1 amide bonds. The van der Waals surface area contributed by atoms with Crippen LogP contribution >= 0.6 is 0 Å². The molecule has 2 rings (SSSR count). The van der Waals surface area contributed by atoms with Gasteiger partial charge in [0, 0.05) is 32.9 Å². The minimum atomic E-state index is -0.573. The van der Waals surface area contributed by atoms with E-state index in [1.165, 1.54) is 0 Å². The SMILES string of the molecule is CN(CC(O)CN)c1ccc2c(c1)N(C)C(=O)CO2. The molecule has 0 radical (unpaired) electrons. The lowest BCUT2D eigenvalue weighted by Gasteiger charge is -2.28. The summed E-state index contributed by atoms with van der Waals surface area (Å²) in [4.78, 5) is 15.1. The number of carbonyl (C=O) groups excluding carboxylic acids is 1. The maximum atomic E-state index is 11.6. The molecule has 0 bridgehead atoms. The highest BCUT2D eigenvalue weighted by Crippen LogP contribution is 2.34. The average molecular weight is 265 g/mol. The fourth-order valence-corrected chi connectivity index (χ4v) is 1.99. The fraction of sp³-hybridized carbons (Fsp3) is 0.462. The van der Waals surface area contributed by atoms with Crippen molar-refractivity contribution >= 4 is 17.3 Å². The number of likely N-dealkylation sites (N-methyl/N-ethyl adjacent to an activating group) is 2. The predicted octanol–water partition coefficient (Wildman–Crippen LogP) is -0.202. The van der Waals surface area contributed by atoms with Crippen LogP contribution in [0.15, 0.2) is 18.2 Å². The van der Waals surface area contributed by atoms with Gasteiger partial charge in [-0.1, -0.05) is 0 Å². The van der Waals surface area contributed by atoms with Crippen molar-refractivity contribution in [1.29, 1.82) is 0 Å². The zero-order chi connectivity index (χ0) is 14.0. The molecule has 0 aliphatic carbocycles. The summed E-state index contributed by atoms with van der Waals surface area (Å²) in [6.45, 7) is 0.731. The van der Waals surface area contributed by atoms with Crippen molar-refractivity contribution in [2.45, 2.75) is 6.10 Å². The van der Waals surface area contributed by atoms with Crippen LogP contribution in [0.25, 0.3) is 0 Å². The van der Waals surface area contributed by atoms with Gasteiger partial charge < -0.3 is 25.4 Å². The Morgan fingerprint density at radius 3 is 3.00 bits per heavy atom. The lowest BCUT2D eigenvalue weighted by atomic mass is 10.2. The van der Waals surface area contributed by atoms with Gasteiger partial charge in [-0.2, -0.15) is 0 Å². The van der Waals surface area contributed by atoms with E-state index in [1.807, 2.05) is 30.1 Å². The molecule has 0 saturated carbocycles. The van der Waals surface area contributed by atoms with E-state index in [9.17, 15) is 9.90 Å². The summed E-state index contributed by atoms with van der Waals surface area (Å²) in [6.07, 6.45) is -0.573. The number of hydrogen-bond donors (Lipinski definition) is 2. The van der Waals surface area contributed by atoms with Gasteiger partial charge >= 0.3 is 0 Å². The first kappa shape index (κ1) is 13.6. The number of amides is 1. The molecular weight excluding hydrogens is 246 g/mol. The first-order valence-corrected chi connectivity index (χ1v) is 6.15. The van der Waals surface area contributed by atoms with Gasteiger partial charge in [-0.25, -0.2) is 0 Å². The Morgan fingerprint density at radius 1 is 1.58 bits per heavy atom. The van der Waals surface area contributed by atoms with Crippen LogP contribution in [-0.4, -0.2) is 50.9 Å². The number of nitrogens with two attached hydrogens (primary N) is 1. The van der Waals surface area contributed by atoms with Gasteiger partial charge in [0.05, 0.1) is 11.8 Å². The normalized spacial score (nSPS) is 15.8. The molecule has 1 aliphatic heterocycles. The van der Waals surface area contributed by atoms with Gasteiger partial charge in [-0.15, -0.1) is 0 Å². The molecular formula is C13H19N3O3. The number of rotatable bonds is 4. The summed E-state index contributed by atoms with van der Waals surface area (Å²) in [7, 11) is 3.59. The van der Waals surface area contributed by atoms with Gasteiger partial charge in [0.1, 0.15) is 5.75 Å². The lowest BCUT2D eigenvalue weighted by Crippen LogP contribution is -2.36. The second-order valence-electron chi connectivity index (χ2n) is 4.66. The van der Waals surface area contributed by atoms with Gasteiger partial charge in [0.15, 0.2) is 6.61 Å². The summed E-state index contributed by atoms with van der Waals surface area (Å²) in [5.74, 6) is 0.618. The third kappa shape index (κ3) is 2.80. The minimum absolute atomic E-state index is 0.0740. The number of hydrogen-bond acceptors (Lipinski definition) is 5. The molecule has 1 aromatic carbocycles. The van der Waals surface area contributed by atoms with Crippen LogP contribution < -0.4 is 20.3 Å². The number of nitrogens with zero attached hydrogens (tertiary/aromatic N) is 2. The molecule has 0 saturated heterocycles. The first-order chi connectivity index (χ1) is 9.02. The standard InChI is InChI=1S/C13H19N3O3/c1-15(7-10(17)6-14)9-3-4-12-11(5-9)16(2)13(18)8-19-12/h3-5,10,17H,6-8,14H2,1-2H3. The van der Waals surface area contributed by atoms with Crippen molar-refractivity contribution in [2.75, 3.05) is 43.6 Å². The number of ether oxygens (including phenoxy) is 1. The first-order valence-electron chi connectivity index (χ1n) is 6.15. The molecule has 1 heterocycles. The molecule has 1 unspecified atom stereocenters. The monoisotopic (exact) mass is 265 g/mol. The van der Waals surface area contributed by atoms with E-state index in [2.05, 4.69) is 0 Å². The van der Waals surface area contributed by atoms with Crippen molar-refractivity contribution in [3.05, 3.63) is 18.2 Å². The zero-order valence-corrected chi connectivity index (χ0v) is 11.2. The minimum Gasteiger partial charge on any atom is -0.482 e. The molecule has 0 fully saturated rings. The Morgan fingerprint density at radius 2 is 2.32 bits per heavy atom. The molecule has 0 aromatic heterocycles. The molecule has 1 atom stereocenters. The summed E-state index contributed by atoms with van der Waals surface area (Å²) in [6, 6.07) is 5.60. The Labute approximate surface area is 112 Å². The number of aliphatic hydroxyl groups excluding tert-OH is 1. The zero-order valence-electron chi connectivity index (χ0n) is 11.2. The largest absolute Gasteiger partial charge is 0.482 e. The summed E-state index contributed by atoms with van der Waals surface area (Å²) in [5.41, 5.74) is 7.04. The topological polar surface area (TPSA) is 79.0 Å². The van der Waals surface area contributed by atoms with Gasteiger partial charge in [-0.05, 0) is 18.2 Å². The Hall–Kier alpha value is -1.79. The molecule has 1 aromatic rings. The molecule has 6 nitrogen and oxygen atoms in total. The van der Waals surface area contributed by atoms with Crippen LogP contribution in [0, 0.1) is 0 Å². The number of benzene rings is 1. The molecule has 3 N–H and O–H groups in total. The van der Waals surface area contributed by atoms with E-state index in [1.54, 1.807) is 11.9 Å². The van der Waals surface area contributed by atoms with Gasteiger partial charge in [-0.3, -0.25) is 4.79 Å².